The summed E-state index contributed by atoms with van der Waals surface area (Å²) in [6.45, 7) is -2.33. The van der Waals surface area contributed by atoms with Crippen molar-refractivity contribution in [2.75, 3.05) is 0 Å². The van der Waals surface area contributed by atoms with Crippen LogP contribution in [-0.2, 0) is 4.79 Å². The Hall–Kier alpha value is -2.79. The first-order valence-electron chi connectivity index (χ1n) is 7.61. The first-order chi connectivity index (χ1) is 11.7. The third-order valence-electron chi connectivity index (χ3n) is 3.81. The monoisotopic (exact) mass is 331 g/mol. The molecule has 0 fully saturated rings. The van der Waals surface area contributed by atoms with Gasteiger partial charge in [-0.25, -0.2) is 0 Å². The normalized spacial score (nSPS) is 10.7. The molecule has 0 spiro atoms. The van der Waals surface area contributed by atoms with Gasteiger partial charge >= 0.3 is 0 Å². The topological polar surface area (TPSA) is 40.1 Å². The zero-order chi connectivity index (χ0) is 16.8. The quantitative estimate of drug-likeness (QED) is 0.539. The lowest BCUT2D eigenvalue weighted by atomic mass is 10.4. The molecule has 0 aromatic heterocycles. The van der Waals surface area contributed by atoms with E-state index in [0.717, 1.165) is 22.0 Å². The summed E-state index contributed by atoms with van der Waals surface area (Å²) < 4.78 is 0. The molecule has 118 valence electrons. The standard InChI is InChI=1S/C21H17O2P/c22-21(23)16-17-24(18-10-4-1-5-11-18,19-12-6-2-7-13-19)20-14-8-3-9-15-20/h1-16H,(H,22,23)/p-1. The van der Waals surface area contributed by atoms with Crippen molar-refractivity contribution in [2.45, 2.75) is 0 Å². The van der Waals surface area contributed by atoms with E-state index in [1.54, 1.807) is 0 Å². The minimum Gasteiger partial charge on any atom is -0.545 e. The maximum Gasteiger partial charge on any atom is 0.0720 e. The van der Waals surface area contributed by atoms with Crippen LogP contribution in [0.1, 0.15) is 0 Å². The van der Waals surface area contributed by atoms with Crippen molar-refractivity contribution in [1.82, 2.24) is 0 Å². The highest BCUT2D eigenvalue weighted by atomic mass is 31.2. The van der Waals surface area contributed by atoms with Gasteiger partial charge in [-0.1, -0.05) is 91.0 Å². The van der Waals surface area contributed by atoms with Crippen molar-refractivity contribution in [3.8, 4) is 0 Å². The van der Waals surface area contributed by atoms with Crippen LogP contribution >= 0.6 is 6.89 Å². The van der Waals surface area contributed by atoms with Crippen LogP contribution in [0, 0.1) is 0 Å². The highest BCUT2D eigenvalue weighted by Crippen LogP contribution is 2.42. The second-order valence-electron chi connectivity index (χ2n) is 5.27. The summed E-state index contributed by atoms with van der Waals surface area (Å²) in [4.78, 5) is 11.1. The van der Waals surface area contributed by atoms with E-state index in [1.807, 2.05) is 91.0 Å². The largest absolute Gasteiger partial charge is 0.545 e. The van der Waals surface area contributed by atoms with Gasteiger partial charge in [-0.05, 0) is 15.9 Å². The number of rotatable bonds is 4. The van der Waals surface area contributed by atoms with E-state index in [1.165, 1.54) is 0 Å². The second kappa shape index (κ2) is 7.19. The van der Waals surface area contributed by atoms with E-state index < -0.39 is 12.9 Å². The number of aliphatic carboxylic acids is 1. The first-order valence-corrected chi connectivity index (χ1v) is 9.40. The van der Waals surface area contributed by atoms with Gasteiger partial charge in [0.25, 0.3) is 0 Å². The molecule has 2 nitrogen and oxygen atoms in total. The Kier molecular flexibility index (Phi) is 4.82. The SMILES string of the molecule is O=C([O-])C=C=P(c1ccccc1)(c1ccccc1)c1ccccc1. The molecule has 0 aliphatic rings. The number of carboxylic acid groups (broad SMARTS) is 1. The predicted molar refractivity (Wildman–Crippen MR) is 99.7 cm³/mol. The van der Waals surface area contributed by atoms with E-state index in [0.29, 0.717) is 0 Å². The highest BCUT2D eigenvalue weighted by Gasteiger charge is 2.24. The van der Waals surface area contributed by atoms with E-state index in [9.17, 15) is 9.90 Å². The van der Waals surface area contributed by atoms with Gasteiger partial charge in [0.15, 0.2) is 0 Å². The van der Waals surface area contributed by atoms with Crippen LogP contribution in [0.5, 0.6) is 0 Å². The van der Waals surface area contributed by atoms with Crippen LogP contribution in [0.3, 0.4) is 0 Å². The van der Waals surface area contributed by atoms with Crippen molar-refractivity contribution in [3.63, 3.8) is 0 Å². The molecule has 0 aliphatic carbocycles. The van der Waals surface area contributed by atoms with E-state index >= 15 is 0 Å². The summed E-state index contributed by atoms with van der Waals surface area (Å²) in [5.41, 5.74) is 3.21. The zero-order valence-corrected chi connectivity index (χ0v) is 13.9. The van der Waals surface area contributed by atoms with E-state index in [-0.39, 0.29) is 0 Å². The Morgan fingerprint density at radius 2 is 1.04 bits per heavy atom. The van der Waals surface area contributed by atoms with Gasteiger partial charge in [-0.15, -0.1) is 5.45 Å². The second-order valence-corrected chi connectivity index (χ2v) is 8.42. The molecule has 3 aromatic carbocycles. The fourth-order valence-electron chi connectivity index (χ4n) is 2.78. The van der Waals surface area contributed by atoms with Gasteiger partial charge in [-0.3, -0.25) is 0 Å². The van der Waals surface area contributed by atoms with E-state index in [2.05, 4.69) is 5.45 Å². The summed E-state index contributed by atoms with van der Waals surface area (Å²) in [7, 11) is 0. The third-order valence-corrected chi connectivity index (χ3v) is 7.54. The molecule has 0 aliphatic heterocycles. The van der Waals surface area contributed by atoms with Gasteiger partial charge in [-0.2, -0.15) is 0 Å². The van der Waals surface area contributed by atoms with Crippen LogP contribution < -0.4 is 21.0 Å². The van der Waals surface area contributed by atoms with Gasteiger partial charge < -0.3 is 9.90 Å². The Morgan fingerprint density at radius 3 is 1.33 bits per heavy atom. The number of hydrogen-bond donors (Lipinski definition) is 0. The molecule has 0 unspecified atom stereocenters. The molecular weight excluding hydrogens is 315 g/mol. The number of benzene rings is 3. The smallest absolute Gasteiger partial charge is 0.0720 e. The number of carboxylic acids is 1. The number of hydrogen-bond acceptors (Lipinski definition) is 2. The van der Waals surface area contributed by atoms with Gasteiger partial charge in [0, 0.05) is 13.0 Å². The fraction of sp³-hybridized carbons (Fsp3) is 0. The Bertz CT molecular complexity index is 806. The summed E-state index contributed by atoms with van der Waals surface area (Å²) in [5.74, 6) is -1.23. The molecular formula is C21H16O2P-. The lowest BCUT2D eigenvalue weighted by molar-refractivity contribution is -0.297. The molecule has 3 heteroatoms. The summed E-state index contributed by atoms with van der Waals surface area (Å²) in [6, 6.07) is 29.9. The Labute approximate surface area is 141 Å². The van der Waals surface area contributed by atoms with Crippen molar-refractivity contribution < 1.29 is 9.90 Å². The highest BCUT2D eigenvalue weighted by molar-refractivity contribution is 7.94. The lowest BCUT2D eigenvalue weighted by Gasteiger charge is -2.26. The van der Waals surface area contributed by atoms with Crippen molar-refractivity contribution in [3.05, 3.63) is 97.1 Å². The summed E-state index contributed by atoms with van der Waals surface area (Å²) in [5, 5.41) is 14.3. The number of carbonyl (C=O) groups is 1. The average molecular weight is 331 g/mol. The van der Waals surface area contributed by atoms with Crippen LogP contribution in [0.4, 0.5) is 0 Å². The first kappa shape index (κ1) is 16.1. The molecule has 24 heavy (non-hydrogen) atoms. The molecule has 0 saturated carbocycles. The Balaban J connectivity index is 2.48. The molecule has 0 saturated heterocycles. The van der Waals surface area contributed by atoms with Crippen molar-refractivity contribution in [2.24, 2.45) is 0 Å². The predicted octanol–water partition coefficient (Wildman–Crippen LogP) is 1.69. The van der Waals surface area contributed by atoms with Crippen LogP contribution in [0.15, 0.2) is 97.1 Å². The molecule has 0 bridgehead atoms. The third kappa shape index (κ3) is 3.12. The molecule has 0 N–H and O–H groups in total. The maximum atomic E-state index is 11.1. The summed E-state index contributed by atoms with van der Waals surface area (Å²) in [6.07, 6.45) is 1.04. The minimum absolute atomic E-state index is 1.04. The minimum atomic E-state index is -2.33. The zero-order valence-electron chi connectivity index (χ0n) is 13.0. The van der Waals surface area contributed by atoms with Crippen molar-refractivity contribution >= 4 is 34.2 Å². The summed E-state index contributed by atoms with van der Waals surface area (Å²) >= 11 is 0. The van der Waals surface area contributed by atoms with Crippen LogP contribution in [0.25, 0.3) is 0 Å². The molecule has 0 amide bonds. The van der Waals surface area contributed by atoms with Crippen LogP contribution in [0.2, 0.25) is 0 Å². The molecule has 0 atom stereocenters. The Morgan fingerprint density at radius 1 is 0.708 bits per heavy atom. The average Bonchev–Trinajstić information content (AvgIpc) is 2.65. The molecule has 0 radical (unpaired) electrons. The van der Waals surface area contributed by atoms with E-state index in [4.69, 9.17) is 0 Å². The number of carbonyl (C=O) groups excluding carboxylic acids is 1. The van der Waals surface area contributed by atoms with Gasteiger partial charge in [0.1, 0.15) is 0 Å². The molecule has 3 rings (SSSR count). The van der Waals surface area contributed by atoms with Gasteiger partial charge in [0.2, 0.25) is 0 Å². The van der Waals surface area contributed by atoms with Gasteiger partial charge in [0.05, 0.1) is 5.97 Å². The molecule has 0 heterocycles. The molecule has 3 aromatic rings. The van der Waals surface area contributed by atoms with Crippen molar-refractivity contribution in [1.29, 1.82) is 0 Å². The fourth-order valence-corrected chi connectivity index (χ4v) is 6.27. The lowest BCUT2D eigenvalue weighted by Crippen LogP contribution is -2.26. The maximum absolute atomic E-state index is 11.1. The van der Waals surface area contributed by atoms with Crippen LogP contribution in [-0.4, -0.2) is 11.4 Å².